The van der Waals surface area contributed by atoms with Gasteiger partial charge in [-0.05, 0) is 37.1 Å². The summed E-state index contributed by atoms with van der Waals surface area (Å²) >= 11 is 3.58. The minimum absolute atomic E-state index is 0. The van der Waals surface area contributed by atoms with Crippen molar-refractivity contribution in [2.24, 2.45) is 0 Å². The van der Waals surface area contributed by atoms with Crippen molar-refractivity contribution < 1.29 is 0 Å². The summed E-state index contributed by atoms with van der Waals surface area (Å²) in [4.78, 5) is 0. The Kier molecular flexibility index (Phi) is 3.77. The van der Waals surface area contributed by atoms with Gasteiger partial charge in [-0.15, -0.1) is 12.4 Å². The van der Waals surface area contributed by atoms with E-state index in [1.807, 2.05) is 0 Å². The van der Waals surface area contributed by atoms with Crippen LogP contribution in [0.2, 0.25) is 0 Å². The number of halogens is 2. The Hall–Kier alpha value is -0.0500. The van der Waals surface area contributed by atoms with E-state index in [0.717, 1.165) is 13.0 Å². The minimum atomic E-state index is 0. The smallest absolute Gasteiger partial charge is 0.0295 e. The maximum atomic E-state index is 3.58. The maximum absolute atomic E-state index is 3.58. The van der Waals surface area contributed by atoms with Crippen LogP contribution in [0.1, 0.15) is 24.1 Å². The van der Waals surface area contributed by atoms with Crippen molar-refractivity contribution in [3.63, 3.8) is 0 Å². The van der Waals surface area contributed by atoms with E-state index in [1.54, 1.807) is 0 Å². The van der Waals surface area contributed by atoms with Crippen LogP contribution >= 0.6 is 28.3 Å². The van der Waals surface area contributed by atoms with Gasteiger partial charge in [-0.25, -0.2) is 0 Å². The lowest BCUT2D eigenvalue weighted by Crippen LogP contribution is -2.27. The fourth-order valence-corrected chi connectivity index (χ4v) is 2.35. The number of nitrogens with one attached hydrogen (secondary N) is 1. The Morgan fingerprint density at radius 1 is 1.46 bits per heavy atom. The first-order valence-electron chi connectivity index (χ1n) is 4.29. The van der Waals surface area contributed by atoms with E-state index in [1.165, 1.54) is 15.6 Å². The summed E-state index contributed by atoms with van der Waals surface area (Å²) in [6, 6.07) is 6.94. The first-order chi connectivity index (χ1) is 5.79. The van der Waals surface area contributed by atoms with Crippen molar-refractivity contribution >= 4 is 28.3 Å². The van der Waals surface area contributed by atoms with Crippen LogP contribution < -0.4 is 5.32 Å². The fourth-order valence-electron chi connectivity index (χ4n) is 1.77. The molecule has 3 heteroatoms. The Bertz CT molecular complexity index is 301. The average Bonchev–Trinajstić information content (AvgIpc) is 2.07. The number of rotatable bonds is 0. The molecule has 1 aromatic rings. The van der Waals surface area contributed by atoms with Crippen molar-refractivity contribution in [1.29, 1.82) is 0 Å². The number of benzene rings is 1. The zero-order chi connectivity index (χ0) is 8.55. The molecule has 0 saturated heterocycles. The van der Waals surface area contributed by atoms with Crippen molar-refractivity contribution in [2.75, 3.05) is 6.54 Å². The van der Waals surface area contributed by atoms with Crippen molar-refractivity contribution in [3.8, 4) is 0 Å². The summed E-state index contributed by atoms with van der Waals surface area (Å²) in [7, 11) is 0. The lowest BCUT2D eigenvalue weighted by molar-refractivity contribution is 0.540. The summed E-state index contributed by atoms with van der Waals surface area (Å²) in [5.74, 6) is 0. The Morgan fingerprint density at radius 2 is 2.23 bits per heavy atom. The summed E-state index contributed by atoms with van der Waals surface area (Å²) in [6.45, 7) is 3.31. The molecule has 0 fully saturated rings. The Balaban J connectivity index is 0.000000845. The van der Waals surface area contributed by atoms with Crippen LogP contribution in [-0.2, 0) is 6.42 Å². The third-order valence-corrected chi connectivity index (χ3v) is 3.19. The molecule has 1 aliphatic rings. The highest BCUT2D eigenvalue weighted by Gasteiger charge is 2.16. The van der Waals surface area contributed by atoms with Crippen molar-refractivity contribution in [3.05, 3.63) is 33.8 Å². The van der Waals surface area contributed by atoms with E-state index in [2.05, 4.69) is 46.4 Å². The minimum Gasteiger partial charge on any atom is -0.310 e. The fraction of sp³-hybridized carbons (Fsp3) is 0.400. The molecule has 1 aliphatic heterocycles. The van der Waals surface area contributed by atoms with Crippen LogP contribution in [0.15, 0.2) is 22.7 Å². The Labute approximate surface area is 93.5 Å². The van der Waals surface area contributed by atoms with E-state index in [-0.39, 0.29) is 12.4 Å². The van der Waals surface area contributed by atoms with E-state index >= 15 is 0 Å². The molecular formula is C10H13BrClN. The molecule has 1 atom stereocenters. The molecule has 0 aliphatic carbocycles. The van der Waals surface area contributed by atoms with Crippen LogP contribution in [0.25, 0.3) is 0 Å². The predicted molar refractivity (Wildman–Crippen MR) is 61.5 cm³/mol. The molecule has 2 rings (SSSR count). The number of hydrogen-bond acceptors (Lipinski definition) is 1. The van der Waals surface area contributed by atoms with Gasteiger partial charge in [-0.1, -0.05) is 28.1 Å². The third kappa shape index (κ3) is 2.06. The summed E-state index contributed by atoms with van der Waals surface area (Å²) in [5, 5.41) is 3.44. The number of fused-ring (bicyclic) bond motifs is 1. The molecule has 0 radical (unpaired) electrons. The molecule has 0 aromatic heterocycles. The van der Waals surface area contributed by atoms with Gasteiger partial charge in [0.05, 0.1) is 0 Å². The van der Waals surface area contributed by atoms with Gasteiger partial charge in [0, 0.05) is 10.5 Å². The predicted octanol–water partition coefficient (Wildman–Crippen LogP) is 3.08. The van der Waals surface area contributed by atoms with Gasteiger partial charge in [0.15, 0.2) is 0 Å². The van der Waals surface area contributed by atoms with E-state index in [0.29, 0.717) is 6.04 Å². The molecule has 0 unspecified atom stereocenters. The molecule has 1 N–H and O–H groups in total. The topological polar surface area (TPSA) is 12.0 Å². The van der Waals surface area contributed by atoms with Crippen LogP contribution in [0.4, 0.5) is 0 Å². The summed E-state index contributed by atoms with van der Waals surface area (Å²) < 4.78 is 1.26. The zero-order valence-corrected chi connectivity index (χ0v) is 9.91. The highest BCUT2D eigenvalue weighted by atomic mass is 79.9. The second-order valence-corrected chi connectivity index (χ2v) is 4.09. The van der Waals surface area contributed by atoms with Gasteiger partial charge in [-0.3, -0.25) is 0 Å². The SMILES string of the molecule is C[C@@H]1NCCc2c(Br)cccc21.Cl. The molecule has 0 spiro atoms. The third-order valence-electron chi connectivity index (χ3n) is 2.45. The van der Waals surface area contributed by atoms with Gasteiger partial charge < -0.3 is 5.32 Å². The first kappa shape index (κ1) is 11.0. The zero-order valence-electron chi connectivity index (χ0n) is 7.51. The highest BCUT2D eigenvalue weighted by molar-refractivity contribution is 9.10. The van der Waals surface area contributed by atoms with E-state index in [4.69, 9.17) is 0 Å². The monoisotopic (exact) mass is 261 g/mol. The lowest BCUT2D eigenvalue weighted by Gasteiger charge is -2.24. The first-order valence-corrected chi connectivity index (χ1v) is 5.09. The van der Waals surface area contributed by atoms with Crippen molar-refractivity contribution in [1.82, 2.24) is 5.32 Å². The quantitative estimate of drug-likeness (QED) is 0.758. The van der Waals surface area contributed by atoms with Crippen LogP contribution in [0.3, 0.4) is 0 Å². The van der Waals surface area contributed by atoms with Gasteiger partial charge in [-0.2, -0.15) is 0 Å². The summed E-state index contributed by atoms with van der Waals surface area (Å²) in [5.41, 5.74) is 2.92. The Morgan fingerprint density at radius 3 is 2.92 bits per heavy atom. The van der Waals surface area contributed by atoms with Crippen molar-refractivity contribution in [2.45, 2.75) is 19.4 Å². The van der Waals surface area contributed by atoms with E-state index in [9.17, 15) is 0 Å². The van der Waals surface area contributed by atoms with Crippen LogP contribution in [-0.4, -0.2) is 6.54 Å². The molecule has 1 nitrogen and oxygen atoms in total. The highest BCUT2D eigenvalue weighted by Crippen LogP contribution is 2.28. The standard InChI is InChI=1S/C10H12BrN.ClH/c1-7-8-3-2-4-10(11)9(8)5-6-12-7;/h2-4,7,12H,5-6H2,1H3;1H/t7-;/m0./s1. The second kappa shape index (κ2) is 4.45. The average molecular weight is 263 g/mol. The van der Waals surface area contributed by atoms with Gasteiger partial charge in [0.25, 0.3) is 0 Å². The molecule has 1 heterocycles. The molecule has 1 aromatic carbocycles. The van der Waals surface area contributed by atoms with Crippen LogP contribution in [0.5, 0.6) is 0 Å². The molecule has 72 valence electrons. The molecule has 13 heavy (non-hydrogen) atoms. The molecule has 0 saturated carbocycles. The number of hydrogen-bond donors (Lipinski definition) is 1. The second-order valence-electron chi connectivity index (χ2n) is 3.23. The maximum Gasteiger partial charge on any atom is 0.0295 e. The molecular weight excluding hydrogens is 249 g/mol. The normalized spacial score (nSPS) is 20.3. The molecule has 0 bridgehead atoms. The summed E-state index contributed by atoms with van der Waals surface area (Å²) in [6.07, 6.45) is 1.14. The van der Waals surface area contributed by atoms with E-state index < -0.39 is 0 Å². The van der Waals surface area contributed by atoms with Crippen LogP contribution in [0, 0.1) is 0 Å². The van der Waals surface area contributed by atoms with Gasteiger partial charge >= 0.3 is 0 Å². The largest absolute Gasteiger partial charge is 0.310 e. The van der Waals surface area contributed by atoms with Gasteiger partial charge in [0.2, 0.25) is 0 Å². The van der Waals surface area contributed by atoms with Gasteiger partial charge in [0.1, 0.15) is 0 Å². The lowest BCUT2D eigenvalue weighted by atomic mass is 9.96. The molecule has 0 amide bonds.